The van der Waals surface area contributed by atoms with E-state index in [1.807, 2.05) is 0 Å². The molecule has 0 spiro atoms. The Kier molecular flexibility index (Phi) is 3.97. The number of carbonyl (C=O) groups excluding carboxylic acids is 2. The van der Waals surface area contributed by atoms with Crippen LogP contribution in [0.15, 0.2) is 12.3 Å². The molecule has 1 atom stereocenters. The highest BCUT2D eigenvalue weighted by atomic mass is 16.5. The van der Waals surface area contributed by atoms with E-state index in [4.69, 9.17) is 0 Å². The summed E-state index contributed by atoms with van der Waals surface area (Å²) in [4.78, 5) is 21.5. The fraction of sp³-hybridized carbons (Fsp3) is 0.556. The van der Waals surface area contributed by atoms with Crippen molar-refractivity contribution < 1.29 is 14.3 Å². The summed E-state index contributed by atoms with van der Waals surface area (Å²) < 4.78 is 4.42. The summed E-state index contributed by atoms with van der Waals surface area (Å²) in [6, 6.07) is 0.202. The Morgan fingerprint density at radius 3 is 3.07 bits per heavy atom. The Bertz CT molecular complexity index is 240. The molecule has 5 nitrogen and oxygen atoms in total. The zero-order chi connectivity index (χ0) is 10.4. The van der Waals surface area contributed by atoms with Gasteiger partial charge in [-0.05, 0) is 6.42 Å². The van der Waals surface area contributed by atoms with Gasteiger partial charge < -0.3 is 15.4 Å². The Morgan fingerprint density at radius 2 is 2.50 bits per heavy atom. The molecule has 0 bridgehead atoms. The monoisotopic (exact) mass is 198 g/mol. The summed E-state index contributed by atoms with van der Waals surface area (Å²) in [5.74, 6) is -0.308. The first-order valence-corrected chi connectivity index (χ1v) is 4.49. The molecule has 1 fully saturated rings. The third kappa shape index (κ3) is 3.47. The second-order valence-electron chi connectivity index (χ2n) is 3.06. The minimum absolute atomic E-state index is 0.0833. The van der Waals surface area contributed by atoms with Crippen LogP contribution >= 0.6 is 0 Å². The van der Waals surface area contributed by atoms with Crippen molar-refractivity contribution in [1.82, 2.24) is 10.6 Å². The predicted octanol–water partition coefficient (Wildman–Crippen LogP) is -0.459. The molecule has 0 saturated carbocycles. The molecule has 1 rings (SSSR count). The standard InChI is InChI=1S/C9H14N2O3/c1-14-9(13)4-5-10-7-2-3-8(12)11-6-7/h4-5,7,10H,2-3,6H2,1H3,(H,11,12)/b5-4+. The molecule has 14 heavy (non-hydrogen) atoms. The zero-order valence-electron chi connectivity index (χ0n) is 8.08. The summed E-state index contributed by atoms with van der Waals surface area (Å²) >= 11 is 0. The van der Waals surface area contributed by atoms with Crippen LogP contribution in [-0.2, 0) is 14.3 Å². The largest absolute Gasteiger partial charge is 0.466 e. The van der Waals surface area contributed by atoms with E-state index in [9.17, 15) is 9.59 Å². The fourth-order valence-corrected chi connectivity index (χ4v) is 1.20. The molecule has 1 amide bonds. The number of carbonyl (C=O) groups is 2. The van der Waals surface area contributed by atoms with E-state index >= 15 is 0 Å². The normalized spacial score (nSPS) is 21.8. The quantitative estimate of drug-likeness (QED) is 0.475. The van der Waals surface area contributed by atoms with Crippen LogP contribution in [-0.4, -0.2) is 31.6 Å². The van der Waals surface area contributed by atoms with E-state index in [0.29, 0.717) is 13.0 Å². The maximum atomic E-state index is 10.8. The number of piperidine rings is 1. The third-order valence-corrected chi connectivity index (χ3v) is 2.02. The number of esters is 1. The molecule has 1 heterocycles. The van der Waals surface area contributed by atoms with Gasteiger partial charge in [0.25, 0.3) is 0 Å². The molecular weight excluding hydrogens is 184 g/mol. The smallest absolute Gasteiger partial charge is 0.331 e. The molecule has 1 aliphatic heterocycles. The summed E-state index contributed by atoms with van der Waals surface area (Å²) in [6.45, 7) is 0.602. The van der Waals surface area contributed by atoms with Gasteiger partial charge in [-0.15, -0.1) is 0 Å². The lowest BCUT2D eigenvalue weighted by Gasteiger charge is -2.22. The summed E-state index contributed by atoms with van der Waals surface area (Å²) in [5.41, 5.74) is 0. The molecule has 0 aromatic carbocycles. The number of hydrogen-bond donors (Lipinski definition) is 2. The first kappa shape index (κ1) is 10.6. The van der Waals surface area contributed by atoms with E-state index in [0.717, 1.165) is 6.42 Å². The molecule has 0 aliphatic carbocycles. The van der Waals surface area contributed by atoms with E-state index < -0.39 is 5.97 Å². The maximum Gasteiger partial charge on any atom is 0.331 e. The van der Waals surface area contributed by atoms with Crippen LogP contribution in [0.1, 0.15) is 12.8 Å². The van der Waals surface area contributed by atoms with Crippen LogP contribution < -0.4 is 10.6 Å². The van der Waals surface area contributed by atoms with Crippen molar-refractivity contribution in [2.24, 2.45) is 0 Å². The van der Waals surface area contributed by atoms with Gasteiger partial charge >= 0.3 is 5.97 Å². The highest BCUT2D eigenvalue weighted by Crippen LogP contribution is 2.01. The molecule has 5 heteroatoms. The van der Waals surface area contributed by atoms with Crippen molar-refractivity contribution in [1.29, 1.82) is 0 Å². The fourth-order valence-electron chi connectivity index (χ4n) is 1.20. The molecule has 0 radical (unpaired) electrons. The van der Waals surface area contributed by atoms with E-state index in [1.165, 1.54) is 13.2 Å². The molecule has 78 valence electrons. The topological polar surface area (TPSA) is 67.4 Å². The molecule has 2 N–H and O–H groups in total. The Hall–Kier alpha value is -1.52. The van der Waals surface area contributed by atoms with E-state index in [-0.39, 0.29) is 11.9 Å². The number of hydrogen-bond acceptors (Lipinski definition) is 4. The minimum Gasteiger partial charge on any atom is -0.466 e. The van der Waals surface area contributed by atoms with E-state index in [1.54, 1.807) is 6.20 Å². The van der Waals surface area contributed by atoms with Gasteiger partial charge in [-0.1, -0.05) is 0 Å². The SMILES string of the molecule is COC(=O)/C=C/NC1CCC(=O)NC1. The van der Waals surface area contributed by atoms with Crippen LogP contribution in [0.25, 0.3) is 0 Å². The number of amides is 1. The molecule has 0 aromatic rings. The zero-order valence-corrected chi connectivity index (χ0v) is 8.08. The molecule has 1 aliphatic rings. The van der Waals surface area contributed by atoms with Gasteiger partial charge in [-0.2, -0.15) is 0 Å². The number of rotatable bonds is 3. The lowest BCUT2D eigenvalue weighted by molar-refractivity contribution is -0.134. The van der Waals surface area contributed by atoms with Gasteiger partial charge in [0.2, 0.25) is 5.91 Å². The predicted molar refractivity (Wildman–Crippen MR) is 50.3 cm³/mol. The first-order valence-electron chi connectivity index (χ1n) is 4.49. The first-order chi connectivity index (χ1) is 6.72. The third-order valence-electron chi connectivity index (χ3n) is 2.02. The highest BCUT2D eigenvalue weighted by molar-refractivity contribution is 5.81. The average Bonchev–Trinajstić information content (AvgIpc) is 2.21. The second kappa shape index (κ2) is 5.26. The number of nitrogens with one attached hydrogen (secondary N) is 2. The van der Waals surface area contributed by atoms with Crippen LogP contribution in [0.2, 0.25) is 0 Å². The van der Waals surface area contributed by atoms with Gasteiger partial charge in [0.05, 0.1) is 7.11 Å². The van der Waals surface area contributed by atoms with Crippen LogP contribution in [0.3, 0.4) is 0 Å². The summed E-state index contributed by atoms with van der Waals surface area (Å²) in [6.07, 6.45) is 4.19. The Morgan fingerprint density at radius 1 is 1.71 bits per heavy atom. The van der Waals surface area contributed by atoms with Crippen LogP contribution in [0.4, 0.5) is 0 Å². The van der Waals surface area contributed by atoms with Gasteiger partial charge in [-0.3, -0.25) is 4.79 Å². The van der Waals surface area contributed by atoms with Crippen molar-refractivity contribution in [2.45, 2.75) is 18.9 Å². The second-order valence-corrected chi connectivity index (χ2v) is 3.06. The lowest BCUT2D eigenvalue weighted by Crippen LogP contribution is -2.43. The van der Waals surface area contributed by atoms with Crippen molar-refractivity contribution in [3.63, 3.8) is 0 Å². The number of ether oxygens (including phenoxy) is 1. The summed E-state index contributed by atoms with van der Waals surface area (Å²) in [5, 5.41) is 5.74. The Balaban J connectivity index is 2.22. The van der Waals surface area contributed by atoms with Gasteiger partial charge in [-0.25, -0.2) is 4.79 Å². The average molecular weight is 198 g/mol. The van der Waals surface area contributed by atoms with Crippen molar-refractivity contribution in [2.75, 3.05) is 13.7 Å². The van der Waals surface area contributed by atoms with Gasteiger partial charge in [0, 0.05) is 31.3 Å². The Labute approximate surface area is 82.5 Å². The number of methoxy groups -OCH3 is 1. The lowest BCUT2D eigenvalue weighted by atomic mass is 10.1. The molecule has 1 saturated heterocycles. The highest BCUT2D eigenvalue weighted by Gasteiger charge is 2.15. The molecular formula is C9H14N2O3. The van der Waals surface area contributed by atoms with Crippen LogP contribution in [0, 0.1) is 0 Å². The molecule has 1 unspecified atom stereocenters. The van der Waals surface area contributed by atoms with Crippen molar-refractivity contribution >= 4 is 11.9 Å². The van der Waals surface area contributed by atoms with Gasteiger partial charge in [0.1, 0.15) is 0 Å². The summed E-state index contributed by atoms with van der Waals surface area (Å²) in [7, 11) is 1.33. The van der Waals surface area contributed by atoms with Crippen LogP contribution in [0.5, 0.6) is 0 Å². The maximum absolute atomic E-state index is 10.8. The molecule has 0 aromatic heterocycles. The van der Waals surface area contributed by atoms with Crippen molar-refractivity contribution in [3.05, 3.63) is 12.3 Å². The van der Waals surface area contributed by atoms with Gasteiger partial charge in [0.15, 0.2) is 0 Å². The minimum atomic E-state index is -0.391. The van der Waals surface area contributed by atoms with Crippen molar-refractivity contribution in [3.8, 4) is 0 Å². The van der Waals surface area contributed by atoms with E-state index in [2.05, 4.69) is 15.4 Å².